The third-order valence-corrected chi connectivity index (χ3v) is 0. The van der Waals surface area contributed by atoms with Crippen molar-refractivity contribution in [3.05, 3.63) is 0 Å². The summed E-state index contributed by atoms with van der Waals surface area (Å²) < 4.78 is 0. The van der Waals surface area contributed by atoms with E-state index >= 15 is 0 Å². The maximum atomic E-state index is 8.42. The largest absolute Gasteiger partial charge is 2.00 e. The molecule has 21 heavy (non-hydrogen) atoms. The van der Waals surface area contributed by atoms with Crippen LogP contribution < -0.4 is 75.4 Å². The molecule has 0 aliphatic rings. The monoisotopic (exact) mass is 383 g/mol. The molecule has 0 radical (unpaired) electrons. The minimum absolute atomic E-state index is 0. The molecule has 0 N–H and O–H groups in total. The molecule has 0 aromatic heterocycles. The van der Waals surface area contributed by atoms with Gasteiger partial charge >= 0.3 is 45.5 Å². The van der Waals surface area contributed by atoms with Gasteiger partial charge in [0, 0.05) is 0 Å². The first-order chi connectivity index (χ1) is 8.66. The van der Waals surface area contributed by atoms with Crippen LogP contribution in [0.4, 0.5) is 0 Å². The van der Waals surface area contributed by atoms with Crippen molar-refractivity contribution in [2.75, 3.05) is 0 Å². The third-order valence-electron chi connectivity index (χ3n) is 0. The molecule has 0 aliphatic carbocycles. The summed E-state index contributed by atoms with van der Waals surface area (Å²) in [5.41, 5.74) is 0. The van der Waals surface area contributed by atoms with Crippen molar-refractivity contribution in [2.45, 2.75) is 0 Å². The molecule has 0 heterocycles. The van der Waals surface area contributed by atoms with Crippen LogP contribution in [0.15, 0.2) is 0 Å². The van der Waals surface area contributed by atoms with Gasteiger partial charge in [0.15, 0.2) is 0 Å². The Labute approximate surface area is 156 Å². The molecular formula is B5O15Sr-13. The summed E-state index contributed by atoms with van der Waals surface area (Å²) in [5, 5.41) is 126. The zero-order valence-electron chi connectivity index (χ0n) is 9.72. The fraction of sp³-hybridized carbons (Fsp3) is 0. The third kappa shape index (κ3) is 5380. The molecule has 21 heteroatoms. The summed E-state index contributed by atoms with van der Waals surface area (Å²) in [6.45, 7) is 0. The maximum Gasteiger partial charge on any atom is 2.00 e. The van der Waals surface area contributed by atoms with Gasteiger partial charge in [0.25, 0.3) is 0 Å². The van der Waals surface area contributed by atoms with E-state index in [2.05, 4.69) is 0 Å². The van der Waals surface area contributed by atoms with Crippen molar-refractivity contribution in [3.63, 3.8) is 0 Å². The normalized spacial score (nSPS) is 6.43. The van der Waals surface area contributed by atoms with E-state index in [4.69, 9.17) is 75.4 Å². The van der Waals surface area contributed by atoms with Gasteiger partial charge in [-0.25, -0.2) is 0 Å². The summed E-state index contributed by atoms with van der Waals surface area (Å²) in [6.07, 6.45) is 0. The van der Waals surface area contributed by atoms with E-state index in [1.807, 2.05) is 0 Å². The molecule has 0 bridgehead atoms. The van der Waals surface area contributed by atoms with Gasteiger partial charge in [-0.1, -0.05) is 0 Å². The smallest absolute Gasteiger partial charge is 0.907 e. The molecule has 0 aromatic carbocycles. The first-order valence-electron chi connectivity index (χ1n) is 3.54. The van der Waals surface area contributed by atoms with Crippen LogP contribution in [0.1, 0.15) is 0 Å². The molecule has 15 nitrogen and oxygen atoms in total. The first kappa shape index (κ1) is 38.0. The molecule has 0 saturated carbocycles. The fourth-order valence-corrected chi connectivity index (χ4v) is 0. The minimum Gasteiger partial charge on any atom is -0.907 e. The van der Waals surface area contributed by atoms with Gasteiger partial charge in [-0.3, -0.25) is 36.6 Å². The zero-order chi connectivity index (χ0) is 17.9. The van der Waals surface area contributed by atoms with Crippen LogP contribution in [-0.4, -0.2) is 82.1 Å². The van der Waals surface area contributed by atoms with Crippen LogP contribution in [0.2, 0.25) is 0 Å². The van der Waals surface area contributed by atoms with Crippen LogP contribution in [0, 0.1) is 0 Å². The van der Waals surface area contributed by atoms with Crippen molar-refractivity contribution >= 4 is 82.1 Å². The molecule has 0 aromatic rings. The number of rotatable bonds is 0. The molecular weight excluding hydrogens is 382 g/mol. The molecule has 0 spiro atoms. The van der Waals surface area contributed by atoms with Crippen LogP contribution in [0.3, 0.4) is 0 Å². The topological polar surface area (TPSA) is 346 Å². The van der Waals surface area contributed by atoms with Gasteiger partial charge in [-0.2, -0.15) is 0 Å². The fourth-order valence-electron chi connectivity index (χ4n) is 0. The first-order valence-corrected chi connectivity index (χ1v) is 3.54. The van der Waals surface area contributed by atoms with Gasteiger partial charge in [0.05, 0.1) is 0 Å². The van der Waals surface area contributed by atoms with E-state index in [9.17, 15) is 0 Å². The Hall–Kier alpha value is 1.21. The van der Waals surface area contributed by atoms with Crippen LogP contribution in [0.25, 0.3) is 0 Å². The van der Waals surface area contributed by atoms with Gasteiger partial charge in [-0.15, -0.1) is 0 Å². The second kappa shape index (κ2) is 33.0. The Balaban J connectivity index is -0.0000000331. The predicted octanol–water partition coefficient (Wildman–Crippen LogP) is -20.1. The van der Waals surface area contributed by atoms with Gasteiger partial charge < -0.3 is 75.4 Å². The van der Waals surface area contributed by atoms with Crippen molar-refractivity contribution in [3.8, 4) is 0 Å². The predicted molar refractivity (Wildman–Crippen MR) is 34.5 cm³/mol. The summed E-state index contributed by atoms with van der Waals surface area (Å²) in [6, 6.07) is 0. The van der Waals surface area contributed by atoms with Crippen LogP contribution in [0.5, 0.6) is 0 Å². The Morgan fingerprint density at radius 1 is 0.238 bits per heavy atom. The van der Waals surface area contributed by atoms with E-state index < -0.39 is 36.6 Å². The summed E-state index contributed by atoms with van der Waals surface area (Å²) >= 11 is 0. The van der Waals surface area contributed by atoms with E-state index in [0.717, 1.165) is 0 Å². The molecule has 0 unspecified atom stereocenters. The molecule has 0 saturated heterocycles. The van der Waals surface area contributed by atoms with Gasteiger partial charge in [-0.05, 0) is 0 Å². The van der Waals surface area contributed by atoms with Crippen LogP contribution in [-0.2, 0) is 0 Å². The number of hydrogen-bond donors (Lipinski definition) is 0. The number of hydrogen-bond acceptors (Lipinski definition) is 15. The maximum absolute atomic E-state index is 8.42. The molecule has 120 valence electrons. The second-order valence-electron chi connectivity index (χ2n) is 1.44. The van der Waals surface area contributed by atoms with Crippen molar-refractivity contribution in [2.24, 2.45) is 0 Å². The molecule has 0 atom stereocenters. The summed E-state index contributed by atoms with van der Waals surface area (Å²) in [4.78, 5) is 0. The Morgan fingerprint density at radius 2 is 0.238 bits per heavy atom. The average Bonchev–Trinajstić information content (AvgIpc) is 1.94. The van der Waals surface area contributed by atoms with E-state index in [1.165, 1.54) is 0 Å². The summed E-state index contributed by atoms with van der Waals surface area (Å²) in [5.74, 6) is 0. The van der Waals surface area contributed by atoms with Crippen molar-refractivity contribution < 1.29 is 75.4 Å². The quantitative estimate of drug-likeness (QED) is 0.351. The molecule has 0 aliphatic heterocycles. The molecule has 0 amide bonds. The Morgan fingerprint density at radius 3 is 0.238 bits per heavy atom. The van der Waals surface area contributed by atoms with Crippen LogP contribution >= 0.6 is 0 Å². The Kier molecular flexibility index (Phi) is 59.7. The van der Waals surface area contributed by atoms with Crippen molar-refractivity contribution in [1.29, 1.82) is 0 Å². The molecule has 0 fully saturated rings. The zero-order valence-corrected chi connectivity index (χ0v) is 13.2. The standard InChI is InChI=1S/5BO3.Sr/c5*2-1(3)4;/q5*-3;+2. The van der Waals surface area contributed by atoms with Gasteiger partial charge in [0.2, 0.25) is 0 Å². The van der Waals surface area contributed by atoms with E-state index in [0.29, 0.717) is 0 Å². The van der Waals surface area contributed by atoms with E-state index in [1.54, 1.807) is 0 Å². The minimum atomic E-state index is -2.92. The van der Waals surface area contributed by atoms with Gasteiger partial charge in [0.1, 0.15) is 0 Å². The Bertz CT molecular complexity index is 80.6. The molecule has 0 rings (SSSR count). The second-order valence-corrected chi connectivity index (χ2v) is 1.44. The summed E-state index contributed by atoms with van der Waals surface area (Å²) in [7, 11) is -14.6. The SMILES string of the molecule is [O-]B([O-])[O-].[O-]B([O-])[O-].[O-]B([O-])[O-].[O-]B([O-])[O-].[O-]B([O-])[O-].[Sr+2]. The van der Waals surface area contributed by atoms with Crippen molar-refractivity contribution in [1.82, 2.24) is 0 Å². The average molecular weight is 382 g/mol. The van der Waals surface area contributed by atoms with E-state index in [-0.39, 0.29) is 45.5 Å².